The molecule has 1 aromatic carbocycles. The topological polar surface area (TPSA) is 69.6 Å². The van der Waals surface area contributed by atoms with Gasteiger partial charge < -0.3 is 15.5 Å². The lowest BCUT2D eigenvalue weighted by Crippen LogP contribution is -2.43. The quantitative estimate of drug-likeness (QED) is 0.788. The third-order valence-electron chi connectivity index (χ3n) is 3.93. The van der Waals surface area contributed by atoms with Crippen LogP contribution >= 0.6 is 0 Å². The second-order valence-corrected chi connectivity index (χ2v) is 5.72. The number of nitrogens with one attached hydrogen (secondary N) is 1. The SMILES string of the molecule is CC(O)(CNC(=O)C1CCCC1O)c1ccc(F)cc1F. The summed E-state index contributed by atoms with van der Waals surface area (Å²) < 4.78 is 26.6. The van der Waals surface area contributed by atoms with E-state index in [2.05, 4.69) is 5.32 Å². The van der Waals surface area contributed by atoms with Gasteiger partial charge in [0.05, 0.1) is 18.6 Å². The van der Waals surface area contributed by atoms with Crippen molar-refractivity contribution >= 4 is 5.91 Å². The number of amides is 1. The Labute approximate surface area is 121 Å². The Balaban J connectivity index is 2.02. The van der Waals surface area contributed by atoms with Crippen molar-refractivity contribution in [2.24, 2.45) is 5.92 Å². The molecular weight excluding hydrogens is 280 g/mol. The standard InChI is InChI=1S/C15H19F2NO3/c1-15(21,11-6-5-9(16)7-12(11)17)8-18-14(20)10-3-2-4-13(10)19/h5-7,10,13,19,21H,2-4,8H2,1H3,(H,18,20). The number of rotatable bonds is 4. The van der Waals surface area contributed by atoms with E-state index in [9.17, 15) is 23.8 Å². The minimum atomic E-state index is -1.66. The second kappa shape index (κ2) is 6.07. The minimum absolute atomic E-state index is 0.0869. The molecule has 3 atom stereocenters. The van der Waals surface area contributed by atoms with Gasteiger partial charge in [0.2, 0.25) is 5.91 Å². The average molecular weight is 299 g/mol. The number of hydrogen-bond donors (Lipinski definition) is 3. The molecule has 0 aliphatic heterocycles. The molecule has 0 saturated heterocycles. The number of halogens is 2. The zero-order valence-electron chi connectivity index (χ0n) is 11.8. The van der Waals surface area contributed by atoms with Crippen LogP contribution in [0.2, 0.25) is 0 Å². The summed E-state index contributed by atoms with van der Waals surface area (Å²) in [7, 11) is 0. The first-order valence-electron chi connectivity index (χ1n) is 6.95. The summed E-state index contributed by atoms with van der Waals surface area (Å²) in [6, 6.07) is 2.89. The first-order chi connectivity index (χ1) is 9.81. The Kier molecular flexibility index (Phi) is 4.58. The lowest BCUT2D eigenvalue weighted by Gasteiger charge is -2.26. The van der Waals surface area contributed by atoms with Crippen LogP contribution in [0, 0.1) is 17.6 Å². The predicted molar refractivity (Wildman–Crippen MR) is 72.3 cm³/mol. The number of hydrogen-bond acceptors (Lipinski definition) is 3. The van der Waals surface area contributed by atoms with E-state index in [1.165, 1.54) is 6.92 Å². The van der Waals surface area contributed by atoms with Gasteiger partial charge in [0, 0.05) is 11.6 Å². The number of carbonyl (C=O) groups is 1. The van der Waals surface area contributed by atoms with Gasteiger partial charge in [-0.25, -0.2) is 8.78 Å². The molecule has 6 heteroatoms. The van der Waals surface area contributed by atoms with Gasteiger partial charge in [-0.05, 0) is 32.3 Å². The summed E-state index contributed by atoms with van der Waals surface area (Å²) in [6.45, 7) is 1.13. The molecule has 3 N–H and O–H groups in total. The van der Waals surface area contributed by atoms with Gasteiger partial charge in [-0.1, -0.05) is 6.07 Å². The molecular formula is C15H19F2NO3. The smallest absolute Gasteiger partial charge is 0.225 e. The molecule has 3 unspecified atom stereocenters. The molecule has 1 aromatic rings. The first kappa shape index (κ1) is 15.9. The van der Waals surface area contributed by atoms with E-state index in [1.54, 1.807) is 0 Å². The van der Waals surface area contributed by atoms with E-state index in [0.717, 1.165) is 18.6 Å². The highest BCUT2D eigenvalue weighted by atomic mass is 19.1. The van der Waals surface area contributed by atoms with Crippen LogP contribution in [0.5, 0.6) is 0 Å². The van der Waals surface area contributed by atoms with Gasteiger partial charge in [-0.15, -0.1) is 0 Å². The van der Waals surface area contributed by atoms with Gasteiger partial charge in [0.15, 0.2) is 0 Å². The highest BCUT2D eigenvalue weighted by Gasteiger charge is 2.33. The predicted octanol–water partition coefficient (Wildman–Crippen LogP) is 1.45. The van der Waals surface area contributed by atoms with Crippen LogP contribution < -0.4 is 5.32 Å². The van der Waals surface area contributed by atoms with E-state index in [4.69, 9.17) is 0 Å². The van der Waals surface area contributed by atoms with Crippen molar-refractivity contribution in [2.45, 2.75) is 37.9 Å². The molecule has 0 radical (unpaired) electrons. The Morgan fingerprint density at radius 1 is 1.43 bits per heavy atom. The lowest BCUT2D eigenvalue weighted by molar-refractivity contribution is -0.128. The summed E-state index contributed by atoms with van der Waals surface area (Å²) in [5, 5.41) is 22.5. The molecule has 1 saturated carbocycles. The highest BCUT2D eigenvalue weighted by molar-refractivity contribution is 5.79. The van der Waals surface area contributed by atoms with Crippen molar-refractivity contribution < 1.29 is 23.8 Å². The molecule has 0 spiro atoms. The lowest BCUT2D eigenvalue weighted by atomic mass is 9.94. The van der Waals surface area contributed by atoms with Gasteiger partial charge in [-0.3, -0.25) is 4.79 Å². The van der Waals surface area contributed by atoms with Gasteiger partial charge >= 0.3 is 0 Å². The molecule has 116 valence electrons. The Bertz CT molecular complexity index is 534. The summed E-state index contributed by atoms with van der Waals surface area (Å²) in [6.07, 6.45) is 1.29. The van der Waals surface area contributed by atoms with Crippen LogP contribution in [0.1, 0.15) is 31.7 Å². The Morgan fingerprint density at radius 2 is 2.14 bits per heavy atom. The maximum absolute atomic E-state index is 13.7. The third-order valence-corrected chi connectivity index (χ3v) is 3.93. The molecule has 0 heterocycles. The zero-order chi connectivity index (χ0) is 15.6. The van der Waals surface area contributed by atoms with Crippen molar-refractivity contribution in [2.75, 3.05) is 6.54 Å². The largest absolute Gasteiger partial charge is 0.392 e. The maximum atomic E-state index is 13.7. The summed E-state index contributed by atoms with van der Waals surface area (Å²) in [5.74, 6) is -2.44. The van der Waals surface area contributed by atoms with Crippen molar-refractivity contribution in [1.29, 1.82) is 0 Å². The first-order valence-corrected chi connectivity index (χ1v) is 6.95. The molecule has 1 aliphatic rings. The van der Waals surface area contributed by atoms with Crippen LogP contribution in [0.3, 0.4) is 0 Å². The van der Waals surface area contributed by atoms with Crippen LogP contribution in [0.25, 0.3) is 0 Å². The van der Waals surface area contributed by atoms with Crippen LogP contribution in [-0.2, 0) is 10.4 Å². The van der Waals surface area contributed by atoms with E-state index in [0.29, 0.717) is 18.9 Å². The maximum Gasteiger partial charge on any atom is 0.225 e. The Morgan fingerprint density at radius 3 is 2.71 bits per heavy atom. The van der Waals surface area contributed by atoms with Crippen molar-refractivity contribution in [3.05, 3.63) is 35.4 Å². The number of benzene rings is 1. The summed E-state index contributed by atoms with van der Waals surface area (Å²) >= 11 is 0. The van der Waals surface area contributed by atoms with Crippen LogP contribution in [0.15, 0.2) is 18.2 Å². The van der Waals surface area contributed by atoms with Gasteiger partial charge in [0.1, 0.15) is 17.2 Å². The molecule has 1 aliphatic carbocycles. The van der Waals surface area contributed by atoms with E-state index in [-0.39, 0.29) is 18.0 Å². The van der Waals surface area contributed by atoms with E-state index >= 15 is 0 Å². The van der Waals surface area contributed by atoms with E-state index in [1.807, 2.05) is 0 Å². The molecule has 1 fully saturated rings. The Hall–Kier alpha value is -1.53. The fourth-order valence-electron chi connectivity index (χ4n) is 2.66. The third kappa shape index (κ3) is 3.57. The second-order valence-electron chi connectivity index (χ2n) is 5.72. The molecule has 21 heavy (non-hydrogen) atoms. The fraction of sp³-hybridized carbons (Fsp3) is 0.533. The monoisotopic (exact) mass is 299 g/mol. The van der Waals surface area contributed by atoms with Crippen molar-refractivity contribution in [3.8, 4) is 0 Å². The normalized spacial score (nSPS) is 24.6. The molecule has 2 rings (SSSR count). The number of aliphatic hydroxyl groups is 2. The van der Waals surface area contributed by atoms with Crippen LogP contribution in [-0.4, -0.2) is 28.8 Å². The molecule has 4 nitrogen and oxygen atoms in total. The van der Waals surface area contributed by atoms with Crippen LogP contribution in [0.4, 0.5) is 8.78 Å². The van der Waals surface area contributed by atoms with Gasteiger partial charge in [-0.2, -0.15) is 0 Å². The average Bonchev–Trinajstić information content (AvgIpc) is 2.82. The molecule has 0 aromatic heterocycles. The summed E-state index contributed by atoms with van der Waals surface area (Å²) in [5.41, 5.74) is -1.74. The van der Waals surface area contributed by atoms with E-state index < -0.39 is 29.3 Å². The molecule has 0 bridgehead atoms. The van der Waals surface area contributed by atoms with Crippen molar-refractivity contribution in [3.63, 3.8) is 0 Å². The van der Waals surface area contributed by atoms with Crippen molar-refractivity contribution in [1.82, 2.24) is 5.32 Å². The molecule has 1 amide bonds. The highest BCUT2D eigenvalue weighted by Crippen LogP contribution is 2.27. The fourth-order valence-corrected chi connectivity index (χ4v) is 2.66. The minimum Gasteiger partial charge on any atom is -0.392 e. The number of carbonyl (C=O) groups excluding carboxylic acids is 1. The summed E-state index contributed by atoms with van der Waals surface area (Å²) in [4.78, 5) is 11.9. The number of aliphatic hydroxyl groups excluding tert-OH is 1. The zero-order valence-corrected chi connectivity index (χ0v) is 11.8. The van der Waals surface area contributed by atoms with Gasteiger partial charge in [0.25, 0.3) is 0 Å².